The molecule has 112 valence electrons. The number of carboxylic acids is 1. The Morgan fingerprint density at radius 2 is 2.25 bits per heavy atom. The number of aliphatic carboxylic acids is 1. The number of hydrogen-bond donors (Lipinski definition) is 1. The van der Waals surface area contributed by atoms with E-state index in [0.717, 1.165) is 30.2 Å². The van der Waals surface area contributed by atoms with Gasteiger partial charge in [-0.05, 0) is 24.7 Å². The normalized spacial score (nSPS) is 21.2. The topological polar surface area (TPSA) is 68.0 Å². The molecular weight excluding hydrogens is 274 g/mol. The number of carbonyl (C=O) groups is 1. The van der Waals surface area contributed by atoms with E-state index < -0.39 is 5.97 Å². The van der Waals surface area contributed by atoms with Gasteiger partial charge in [0.25, 0.3) is 0 Å². The molecular formula is C14H23N3O2S. The zero-order chi connectivity index (χ0) is 14.8. The lowest BCUT2D eigenvalue weighted by molar-refractivity contribution is -0.133. The third-order valence-corrected chi connectivity index (χ3v) is 4.97. The van der Waals surface area contributed by atoms with Crippen LogP contribution < -0.4 is 0 Å². The summed E-state index contributed by atoms with van der Waals surface area (Å²) >= 11 is 1.28. The fourth-order valence-electron chi connectivity index (χ4n) is 3.03. The minimum absolute atomic E-state index is 0.0391. The predicted molar refractivity (Wildman–Crippen MR) is 79.0 cm³/mol. The van der Waals surface area contributed by atoms with E-state index in [1.165, 1.54) is 24.6 Å². The van der Waals surface area contributed by atoms with Crippen molar-refractivity contribution < 1.29 is 9.90 Å². The van der Waals surface area contributed by atoms with E-state index in [-0.39, 0.29) is 11.2 Å². The number of nitrogens with zero attached hydrogens (tertiary/aromatic N) is 3. The number of aryl methyl sites for hydroxylation is 1. The minimum atomic E-state index is -0.813. The summed E-state index contributed by atoms with van der Waals surface area (Å²) in [5.41, 5.74) is 0.226. The summed E-state index contributed by atoms with van der Waals surface area (Å²) in [6.45, 7) is 6.70. The van der Waals surface area contributed by atoms with Gasteiger partial charge in [0.2, 0.25) is 0 Å². The van der Waals surface area contributed by atoms with Crippen LogP contribution >= 0.6 is 11.8 Å². The van der Waals surface area contributed by atoms with Crippen molar-refractivity contribution >= 4 is 17.7 Å². The average Bonchev–Trinajstić information content (AvgIpc) is 2.90. The molecule has 0 amide bonds. The third-order valence-electron chi connectivity index (χ3n) is 4.05. The second kappa shape index (κ2) is 6.16. The van der Waals surface area contributed by atoms with Crippen molar-refractivity contribution in [3.63, 3.8) is 0 Å². The molecule has 1 aliphatic rings. The van der Waals surface area contributed by atoms with E-state index in [0.29, 0.717) is 6.04 Å². The first-order valence-electron chi connectivity index (χ1n) is 7.24. The minimum Gasteiger partial charge on any atom is -0.481 e. The molecule has 0 aliphatic heterocycles. The number of thioether (sulfide) groups is 1. The van der Waals surface area contributed by atoms with E-state index in [4.69, 9.17) is 5.11 Å². The Balaban J connectivity index is 2.31. The molecule has 0 saturated heterocycles. The molecule has 1 aromatic rings. The number of rotatable bonds is 6. The van der Waals surface area contributed by atoms with Gasteiger partial charge < -0.3 is 9.67 Å². The quantitative estimate of drug-likeness (QED) is 0.817. The van der Waals surface area contributed by atoms with Crippen molar-refractivity contribution in [3.8, 4) is 0 Å². The highest BCUT2D eigenvalue weighted by Crippen LogP contribution is 2.47. The second-order valence-electron chi connectivity index (χ2n) is 6.10. The lowest BCUT2D eigenvalue weighted by atomic mass is 9.87. The zero-order valence-corrected chi connectivity index (χ0v) is 13.2. The van der Waals surface area contributed by atoms with Gasteiger partial charge in [-0.3, -0.25) is 4.79 Å². The molecule has 0 bridgehead atoms. The number of hydrogen-bond acceptors (Lipinski definition) is 4. The number of carboxylic acid groups (broad SMARTS) is 1. The van der Waals surface area contributed by atoms with E-state index in [1.807, 2.05) is 0 Å². The standard InChI is InChI=1S/C14H23N3O2S/c1-4-6-11-15-16-13(20-9-12(18)19)17(11)10-7-5-8-14(10,2)3/h10H,4-9H2,1-3H3,(H,18,19). The maximum absolute atomic E-state index is 10.8. The Kier molecular flexibility index (Phi) is 4.73. The maximum Gasteiger partial charge on any atom is 0.313 e. The van der Waals surface area contributed by atoms with Gasteiger partial charge in [0.15, 0.2) is 5.16 Å². The van der Waals surface area contributed by atoms with Crippen LogP contribution in [0.15, 0.2) is 5.16 Å². The molecule has 0 spiro atoms. The van der Waals surface area contributed by atoms with Gasteiger partial charge in [-0.25, -0.2) is 0 Å². The molecule has 1 unspecified atom stereocenters. The van der Waals surface area contributed by atoms with Gasteiger partial charge in [0.1, 0.15) is 5.82 Å². The first-order valence-corrected chi connectivity index (χ1v) is 8.22. The van der Waals surface area contributed by atoms with Crippen LogP contribution in [0, 0.1) is 5.41 Å². The molecule has 6 heteroatoms. The summed E-state index contributed by atoms with van der Waals surface area (Å²) in [6.07, 6.45) is 5.46. The fourth-order valence-corrected chi connectivity index (χ4v) is 3.75. The van der Waals surface area contributed by atoms with Gasteiger partial charge in [0.05, 0.1) is 5.75 Å². The Hall–Kier alpha value is -1.04. The largest absolute Gasteiger partial charge is 0.481 e. The first kappa shape index (κ1) is 15.4. The van der Waals surface area contributed by atoms with Crippen molar-refractivity contribution in [1.82, 2.24) is 14.8 Å². The summed E-state index contributed by atoms with van der Waals surface area (Å²) in [7, 11) is 0. The molecule has 1 aromatic heterocycles. The Labute approximate surface area is 124 Å². The van der Waals surface area contributed by atoms with E-state index in [9.17, 15) is 4.79 Å². The van der Waals surface area contributed by atoms with Crippen LogP contribution in [0.5, 0.6) is 0 Å². The van der Waals surface area contributed by atoms with E-state index in [1.54, 1.807) is 0 Å². The van der Waals surface area contributed by atoms with Crippen LogP contribution in [0.25, 0.3) is 0 Å². The van der Waals surface area contributed by atoms with Crippen molar-refractivity contribution in [2.24, 2.45) is 5.41 Å². The maximum atomic E-state index is 10.8. The van der Waals surface area contributed by atoms with Gasteiger partial charge in [-0.15, -0.1) is 10.2 Å². The third kappa shape index (κ3) is 3.16. The molecule has 20 heavy (non-hydrogen) atoms. The highest BCUT2D eigenvalue weighted by Gasteiger charge is 2.38. The summed E-state index contributed by atoms with van der Waals surface area (Å²) in [5, 5.41) is 18.1. The molecule has 0 aromatic carbocycles. The molecule has 0 radical (unpaired) electrons. The van der Waals surface area contributed by atoms with Crippen molar-refractivity contribution in [3.05, 3.63) is 5.82 Å². The van der Waals surface area contributed by atoms with E-state index >= 15 is 0 Å². The summed E-state index contributed by atoms with van der Waals surface area (Å²) in [5.74, 6) is 0.227. The smallest absolute Gasteiger partial charge is 0.313 e. The highest BCUT2D eigenvalue weighted by molar-refractivity contribution is 7.99. The van der Waals surface area contributed by atoms with Gasteiger partial charge in [0, 0.05) is 12.5 Å². The average molecular weight is 297 g/mol. The van der Waals surface area contributed by atoms with Crippen molar-refractivity contribution in [2.75, 3.05) is 5.75 Å². The predicted octanol–water partition coefficient (Wildman–Crippen LogP) is 3.16. The lowest BCUT2D eigenvalue weighted by Crippen LogP contribution is -2.24. The molecule has 5 nitrogen and oxygen atoms in total. The summed E-state index contributed by atoms with van der Waals surface area (Å²) in [4.78, 5) is 10.8. The van der Waals surface area contributed by atoms with Crippen LogP contribution in [-0.4, -0.2) is 31.6 Å². The van der Waals surface area contributed by atoms with Crippen molar-refractivity contribution in [1.29, 1.82) is 0 Å². The van der Waals surface area contributed by atoms with Crippen LogP contribution in [-0.2, 0) is 11.2 Å². The molecule has 1 saturated carbocycles. The zero-order valence-electron chi connectivity index (χ0n) is 12.4. The molecule has 1 heterocycles. The van der Waals surface area contributed by atoms with Crippen LogP contribution in [0.3, 0.4) is 0 Å². The van der Waals surface area contributed by atoms with Gasteiger partial charge in [-0.1, -0.05) is 39.0 Å². The molecule has 2 rings (SSSR count). The highest BCUT2D eigenvalue weighted by atomic mass is 32.2. The SMILES string of the molecule is CCCc1nnc(SCC(=O)O)n1C1CCCC1(C)C. The Bertz CT molecular complexity index is 485. The van der Waals surface area contributed by atoms with Crippen LogP contribution in [0.1, 0.15) is 58.3 Å². The van der Waals surface area contributed by atoms with E-state index in [2.05, 4.69) is 35.5 Å². The van der Waals surface area contributed by atoms with Gasteiger partial charge in [-0.2, -0.15) is 0 Å². The Morgan fingerprint density at radius 1 is 1.50 bits per heavy atom. The van der Waals surface area contributed by atoms with Crippen molar-refractivity contribution in [2.45, 2.75) is 64.1 Å². The van der Waals surface area contributed by atoms with Crippen LogP contribution in [0.4, 0.5) is 0 Å². The molecule has 1 atom stereocenters. The molecule has 1 fully saturated rings. The summed E-state index contributed by atoms with van der Waals surface area (Å²) < 4.78 is 2.21. The molecule has 1 N–H and O–H groups in total. The van der Waals surface area contributed by atoms with Gasteiger partial charge >= 0.3 is 5.97 Å². The number of aromatic nitrogens is 3. The Morgan fingerprint density at radius 3 is 2.80 bits per heavy atom. The fraction of sp³-hybridized carbons (Fsp3) is 0.786. The van der Waals surface area contributed by atoms with Crippen LogP contribution in [0.2, 0.25) is 0 Å². The monoisotopic (exact) mass is 297 g/mol. The molecule has 1 aliphatic carbocycles. The second-order valence-corrected chi connectivity index (χ2v) is 7.04. The summed E-state index contributed by atoms with van der Waals surface area (Å²) in [6, 6.07) is 0.385. The first-order chi connectivity index (χ1) is 9.45. The lowest BCUT2D eigenvalue weighted by Gasteiger charge is -2.30.